The Labute approximate surface area is 164 Å². The molecule has 0 atom stereocenters. The van der Waals surface area contributed by atoms with Gasteiger partial charge in [-0.05, 0) is 30.5 Å². The van der Waals surface area contributed by atoms with Crippen molar-refractivity contribution in [2.75, 3.05) is 0 Å². The molecule has 0 saturated heterocycles. The molecule has 1 aromatic heterocycles. The molecule has 0 bridgehead atoms. The summed E-state index contributed by atoms with van der Waals surface area (Å²) in [6, 6.07) is 5.14. The van der Waals surface area contributed by atoms with Gasteiger partial charge in [0.25, 0.3) is 0 Å². The summed E-state index contributed by atoms with van der Waals surface area (Å²) in [7, 11) is 0. The van der Waals surface area contributed by atoms with E-state index < -0.39 is 23.8 Å². The maximum absolute atomic E-state index is 13.2. The van der Waals surface area contributed by atoms with Crippen LogP contribution in [0, 0.1) is 0 Å². The van der Waals surface area contributed by atoms with E-state index in [-0.39, 0.29) is 54.1 Å². The molecule has 0 saturated carbocycles. The van der Waals surface area contributed by atoms with E-state index in [4.69, 9.17) is 23.6 Å². The zero-order valence-electron chi connectivity index (χ0n) is 18.9. The second-order valence-electron chi connectivity index (χ2n) is 5.90. The highest BCUT2D eigenvalue weighted by Gasteiger charge is 2.16. The monoisotopic (exact) mass is 374 g/mol. The van der Waals surface area contributed by atoms with Gasteiger partial charge in [-0.15, -0.1) is 0 Å². The van der Waals surface area contributed by atoms with Crippen LogP contribution in [0.15, 0.2) is 54.6 Å². The number of Topliss-reactive ketones (excluding diaryl/α,β-unsaturated/α-hetero) is 1. The van der Waals surface area contributed by atoms with Crippen molar-refractivity contribution in [3.8, 4) is 0 Å². The number of aromatic nitrogens is 1. The van der Waals surface area contributed by atoms with Gasteiger partial charge in [-0.1, -0.05) is 47.9 Å². The third-order valence-electron chi connectivity index (χ3n) is 4.04. The molecule has 0 spiro atoms. The summed E-state index contributed by atoms with van der Waals surface area (Å²) in [5.41, 5.74) is 0.547. The highest BCUT2D eigenvalue weighted by atomic mass is 35.5. The van der Waals surface area contributed by atoms with Crippen molar-refractivity contribution in [2.24, 2.45) is 0 Å². The van der Waals surface area contributed by atoms with Crippen molar-refractivity contribution >= 4 is 34.3 Å². The number of fused-ring (bicyclic) bond motifs is 1. The Morgan fingerprint density at radius 2 is 1.92 bits per heavy atom. The number of hydrogen-bond acceptors (Lipinski definition) is 2. The average molecular weight is 375 g/mol. The number of carboxylic acids is 1. The molecule has 1 N–H and O–H groups in total. The first kappa shape index (κ1) is 12.7. The number of benzene rings is 2. The predicted molar refractivity (Wildman–Crippen MR) is 103 cm³/mol. The number of aliphatic carboxylic acids is 1. The first-order chi connectivity index (χ1) is 14.6. The van der Waals surface area contributed by atoms with Gasteiger partial charge in [-0.2, -0.15) is 0 Å². The second-order valence-corrected chi connectivity index (χ2v) is 6.31. The van der Waals surface area contributed by atoms with Gasteiger partial charge in [0.05, 0.1) is 6.85 Å². The number of para-hydroxylation sites is 1. The Kier molecular flexibility index (Phi) is 4.01. The molecular formula is C21H20ClNO3. The number of nitrogens with zero attached hydrogens (tertiary/aromatic N) is 1. The van der Waals surface area contributed by atoms with Crippen LogP contribution >= 0.6 is 11.6 Å². The topological polar surface area (TPSA) is 59.3 Å². The fourth-order valence-electron chi connectivity index (χ4n) is 2.75. The molecule has 5 heteroatoms. The number of carboxylic acid groups (broad SMARTS) is 1. The number of rotatable bonds is 8. The highest BCUT2D eigenvalue weighted by Crippen LogP contribution is 2.25. The van der Waals surface area contributed by atoms with E-state index in [1.54, 1.807) is 24.3 Å². The van der Waals surface area contributed by atoms with E-state index in [2.05, 4.69) is 0 Å². The lowest BCUT2D eigenvalue weighted by atomic mass is 10.0. The van der Waals surface area contributed by atoms with Gasteiger partial charge in [0.15, 0.2) is 5.78 Å². The molecule has 0 aliphatic heterocycles. The highest BCUT2D eigenvalue weighted by molar-refractivity contribution is 6.31. The Morgan fingerprint density at radius 1 is 1.15 bits per heavy atom. The van der Waals surface area contributed by atoms with Crippen LogP contribution in [0.25, 0.3) is 10.9 Å². The number of hydrogen-bond donors (Lipinski definition) is 1. The normalized spacial score (nSPS) is 13.7. The minimum absolute atomic E-state index is 0.00582. The minimum atomic E-state index is -0.944. The van der Waals surface area contributed by atoms with Crippen molar-refractivity contribution in [3.05, 3.63) is 70.8 Å². The third-order valence-corrected chi connectivity index (χ3v) is 4.41. The van der Waals surface area contributed by atoms with Crippen LogP contribution in [-0.2, 0) is 17.8 Å². The summed E-state index contributed by atoms with van der Waals surface area (Å²) >= 11 is 6.16. The summed E-state index contributed by atoms with van der Waals surface area (Å²) in [6.07, 6.45) is 0.329. The summed E-state index contributed by atoms with van der Waals surface area (Å²) in [5.74, 6) is -1.42. The summed E-state index contributed by atoms with van der Waals surface area (Å²) < 4.78 is 42.5. The van der Waals surface area contributed by atoms with Crippen molar-refractivity contribution in [1.29, 1.82) is 0 Å². The molecule has 0 aliphatic carbocycles. The van der Waals surface area contributed by atoms with E-state index in [1.807, 2.05) is 0 Å². The first-order valence-electron chi connectivity index (χ1n) is 10.7. The van der Waals surface area contributed by atoms with Crippen LogP contribution in [-0.4, -0.2) is 21.4 Å². The number of aryl methyl sites for hydroxylation is 1. The summed E-state index contributed by atoms with van der Waals surface area (Å²) in [5, 5.41) is 9.22. The largest absolute Gasteiger partial charge is 0.481 e. The lowest BCUT2D eigenvalue weighted by molar-refractivity contribution is -0.137. The summed E-state index contributed by atoms with van der Waals surface area (Å²) in [6.45, 7) is 0.157. The number of carbonyl (C=O) groups excluding carboxylic acids is 1. The van der Waals surface area contributed by atoms with Gasteiger partial charge in [0.2, 0.25) is 0 Å². The number of halogens is 1. The molecule has 0 aliphatic rings. The first-order valence-corrected chi connectivity index (χ1v) is 8.60. The molecular weight excluding hydrogens is 350 g/mol. The number of unbranched alkanes of at least 4 members (excludes halogenated alkanes) is 1. The molecule has 1 heterocycles. The molecule has 0 radical (unpaired) electrons. The van der Waals surface area contributed by atoms with Crippen LogP contribution < -0.4 is 0 Å². The van der Waals surface area contributed by atoms with E-state index >= 15 is 0 Å². The van der Waals surface area contributed by atoms with Gasteiger partial charge in [0, 0.05) is 47.0 Å². The predicted octanol–water partition coefficient (Wildman–Crippen LogP) is 4.98. The van der Waals surface area contributed by atoms with Crippen molar-refractivity contribution in [1.82, 2.24) is 4.57 Å². The van der Waals surface area contributed by atoms with Crippen LogP contribution in [0.3, 0.4) is 0 Å². The number of carbonyl (C=O) groups is 2. The van der Waals surface area contributed by atoms with Crippen LogP contribution in [0.5, 0.6) is 0 Å². The maximum atomic E-state index is 13.2. The molecule has 2 aromatic carbocycles. The smallest absolute Gasteiger partial charge is 0.303 e. The van der Waals surface area contributed by atoms with Crippen LogP contribution in [0.1, 0.15) is 42.0 Å². The molecule has 0 unspecified atom stereocenters. The maximum Gasteiger partial charge on any atom is 0.303 e. The van der Waals surface area contributed by atoms with E-state index in [0.29, 0.717) is 23.4 Å². The van der Waals surface area contributed by atoms with Gasteiger partial charge < -0.3 is 9.67 Å². The van der Waals surface area contributed by atoms with E-state index in [1.165, 1.54) is 4.57 Å². The quantitative estimate of drug-likeness (QED) is 0.447. The van der Waals surface area contributed by atoms with Crippen molar-refractivity contribution in [3.63, 3.8) is 0 Å². The third kappa shape index (κ3) is 4.14. The van der Waals surface area contributed by atoms with Gasteiger partial charge in [-0.3, -0.25) is 9.59 Å². The molecule has 4 nitrogen and oxygen atoms in total. The van der Waals surface area contributed by atoms with Crippen LogP contribution in [0.4, 0.5) is 0 Å². The standard InChI is InChI=1S/C21H20ClNO3/c22-18-9-3-1-7-15(18)13-20(24)17-14-23(12-6-5-11-21(25)26)19-10-4-2-8-16(17)19/h1-4,7-10,14H,5-6,11-13H2,(H,25,26)/i2D,4D,8D,10D,14D. The molecule has 0 fully saturated rings. The Morgan fingerprint density at radius 3 is 2.69 bits per heavy atom. The second kappa shape index (κ2) is 8.19. The van der Waals surface area contributed by atoms with E-state index in [9.17, 15) is 9.59 Å². The van der Waals surface area contributed by atoms with Crippen LogP contribution in [0.2, 0.25) is 5.02 Å². The summed E-state index contributed by atoms with van der Waals surface area (Å²) in [4.78, 5) is 23.9. The van der Waals surface area contributed by atoms with Crippen molar-refractivity contribution < 1.29 is 21.5 Å². The zero-order chi connectivity index (χ0) is 22.9. The lowest BCUT2D eigenvalue weighted by Crippen LogP contribution is -2.04. The molecule has 3 rings (SSSR count). The average Bonchev–Trinajstić information content (AvgIpc) is 3.02. The minimum Gasteiger partial charge on any atom is -0.481 e. The molecule has 3 aromatic rings. The molecule has 0 amide bonds. The van der Waals surface area contributed by atoms with Gasteiger partial charge in [-0.25, -0.2) is 0 Å². The fraction of sp³-hybridized carbons (Fsp3) is 0.238. The molecule has 26 heavy (non-hydrogen) atoms. The Hall–Kier alpha value is -2.59. The number of ketones is 1. The fourth-order valence-corrected chi connectivity index (χ4v) is 2.96. The zero-order valence-corrected chi connectivity index (χ0v) is 14.7. The SMILES string of the molecule is [2H]c1c([2H])c([2H])c2c(c1[2H])c(C(=O)Cc1ccccc1Cl)c([2H])n2CCCCC(=O)O. The Balaban J connectivity index is 2.14. The van der Waals surface area contributed by atoms with Crippen molar-refractivity contribution in [2.45, 2.75) is 32.2 Å². The van der Waals surface area contributed by atoms with E-state index in [0.717, 1.165) is 0 Å². The van der Waals surface area contributed by atoms with Gasteiger partial charge >= 0.3 is 5.97 Å². The lowest BCUT2D eigenvalue weighted by Gasteiger charge is -2.04. The Bertz CT molecular complexity index is 1190. The molecule has 134 valence electrons. The van der Waals surface area contributed by atoms with Gasteiger partial charge in [0.1, 0.15) is 0 Å².